The van der Waals surface area contributed by atoms with Crippen LogP contribution >= 0.6 is 0 Å². The highest BCUT2D eigenvalue weighted by Crippen LogP contribution is 2.28. The lowest BCUT2D eigenvalue weighted by Crippen LogP contribution is -2.46. The second-order valence-corrected chi connectivity index (χ2v) is 8.42. The Morgan fingerprint density at radius 3 is 2.83 bits per heavy atom. The molecule has 2 aromatic heterocycles. The number of rotatable bonds is 5. The van der Waals surface area contributed by atoms with E-state index in [-0.39, 0.29) is 11.3 Å². The fourth-order valence-corrected chi connectivity index (χ4v) is 4.75. The Kier molecular flexibility index (Phi) is 4.54. The number of hydrogen-bond donors (Lipinski definition) is 0. The highest BCUT2D eigenvalue weighted by molar-refractivity contribution is 7.91. The van der Waals surface area contributed by atoms with Crippen molar-refractivity contribution in [3.8, 4) is 11.4 Å². The maximum absolute atomic E-state index is 12.0. The van der Waals surface area contributed by atoms with Crippen molar-refractivity contribution >= 4 is 9.84 Å². The summed E-state index contributed by atoms with van der Waals surface area (Å²) in [5.41, 5.74) is 0.759. The van der Waals surface area contributed by atoms with Gasteiger partial charge in [0, 0.05) is 12.3 Å². The molecule has 8 heteroatoms. The van der Waals surface area contributed by atoms with Crippen molar-refractivity contribution < 1.29 is 17.4 Å². The fourth-order valence-electron chi connectivity index (χ4n) is 3.24. The van der Waals surface area contributed by atoms with Gasteiger partial charge >= 0.3 is 0 Å². The molecule has 1 aliphatic rings. The van der Waals surface area contributed by atoms with E-state index in [4.69, 9.17) is 8.94 Å². The summed E-state index contributed by atoms with van der Waals surface area (Å²) in [6.45, 7) is 0.432. The van der Waals surface area contributed by atoms with Gasteiger partial charge in [0.25, 0.3) is 0 Å². The van der Waals surface area contributed by atoms with Crippen LogP contribution in [0.5, 0.6) is 0 Å². The number of hydrogen-bond acceptors (Lipinski definition) is 7. The van der Waals surface area contributed by atoms with Crippen LogP contribution in [0.25, 0.3) is 11.4 Å². The monoisotopic (exact) mass is 339 g/mol. The summed E-state index contributed by atoms with van der Waals surface area (Å²) in [5, 5.41) is 3.61. The van der Waals surface area contributed by atoms with Crippen molar-refractivity contribution in [3.05, 3.63) is 24.5 Å². The molecule has 0 bridgehead atoms. The molecule has 0 radical (unpaired) electrons. The van der Waals surface area contributed by atoms with E-state index in [0.29, 0.717) is 18.3 Å². The van der Waals surface area contributed by atoms with Gasteiger partial charge < -0.3 is 8.94 Å². The van der Waals surface area contributed by atoms with Crippen LogP contribution in [0.15, 0.2) is 27.5 Å². The fraction of sp³-hybridized carbons (Fsp3) is 0.600. The van der Waals surface area contributed by atoms with Gasteiger partial charge in [-0.15, -0.1) is 0 Å². The first-order valence-electron chi connectivity index (χ1n) is 7.69. The summed E-state index contributed by atoms with van der Waals surface area (Å²) in [6, 6.07) is 1.75. The minimum Gasteiger partial charge on any atom is -0.472 e. The van der Waals surface area contributed by atoms with E-state index in [1.54, 1.807) is 18.6 Å². The van der Waals surface area contributed by atoms with Crippen LogP contribution in [0.4, 0.5) is 0 Å². The maximum atomic E-state index is 12.0. The van der Waals surface area contributed by atoms with Crippen molar-refractivity contribution in [3.63, 3.8) is 0 Å². The molecule has 2 heterocycles. The highest BCUT2D eigenvalue weighted by atomic mass is 32.2. The highest BCUT2D eigenvalue weighted by Gasteiger charge is 2.35. The Morgan fingerprint density at radius 2 is 2.13 bits per heavy atom. The third-order valence-electron chi connectivity index (χ3n) is 4.42. The van der Waals surface area contributed by atoms with Crippen molar-refractivity contribution in [2.75, 3.05) is 13.3 Å². The standard InChI is InChI=1S/C15H21N3O4S/c1-18(12-5-3-4-6-13(12)23(2,19)20)9-14-16-15(17-22-14)11-7-8-21-10-11/h7-8,10,12-13H,3-6,9H2,1-2H3. The van der Waals surface area contributed by atoms with Gasteiger partial charge in [-0.1, -0.05) is 18.0 Å². The number of sulfone groups is 1. The summed E-state index contributed by atoms with van der Waals surface area (Å²) in [7, 11) is -1.15. The molecular formula is C15H21N3O4S. The molecule has 1 aliphatic carbocycles. The van der Waals surface area contributed by atoms with Gasteiger partial charge in [0.05, 0.1) is 23.6 Å². The molecule has 0 N–H and O–H groups in total. The third-order valence-corrected chi connectivity index (χ3v) is 6.07. The molecule has 2 aromatic rings. The summed E-state index contributed by atoms with van der Waals surface area (Å²) >= 11 is 0. The van der Waals surface area contributed by atoms with E-state index in [1.165, 1.54) is 6.26 Å². The average Bonchev–Trinajstić information content (AvgIpc) is 3.17. The van der Waals surface area contributed by atoms with Gasteiger partial charge in [0.1, 0.15) is 6.26 Å². The van der Waals surface area contributed by atoms with Crippen molar-refractivity contribution in [1.82, 2.24) is 15.0 Å². The largest absolute Gasteiger partial charge is 0.472 e. The minimum absolute atomic E-state index is 0.0111. The Balaban J connectivity index is 1.72. The molecule has 0 amide bonds. The molecule has 1 saturated carbocycles. The Labute approximate surface area is 135 Å². The van der Waals surface area contributed by atoms with E-state index in [1.807, 2.05) is 11.9 Å². The molecule has 23 heavy (non-hydrogen) atoms. The SMILES string of the molecule is CN(Cc1nc(-c2ccoc2)no1)C1CCCCC1S(C)(=O)=O. The van der Waals surface area contributed by atoms with E-state index in [9.17, 15) is 8.42 Å². The zero-order valence-electron chi connectivity index (χ0n) is 13.3. The van der Waals surface area contributed by atoms with Gasteiger partial charge in [0.15, 0.2) is 9.84 Å². The van der Waals surface area contributed by atoms with E-state index in [0.717, 1.165) is 31.2 Å². The number of aromatic nitrogens is 2. The molecule has 0 saturated heterocycles. The van der Waals surface area contributed by atoms with Gasteiger partial charge in [-0.3, -0.25) is 4.90 Å². The van der Waals surface area contributed by atoms with Crippen LogP contribution in [-0.2, 0) is 16.4 Å². The van der Waals surface area contributed by atoms with Crippen LogP contribution < -0.4 is 0 Å². The third kappa shape index (κ3) is 3.64. The Morgan fingerprint density at radius 1 is 1.35 bits per heavy atom. The number of furan rings is 1. The first kappa shape index (κ1) is 16.2. The lowest BCUT2D eigenvalue weighted by molar-refractivity contribution is 0.167. The lowest BCUT2D eigenvalue weighted by Gasteiger charge is -2.36. The van der Waals surface area contributed by atoms with Crippen molar-refractivity contribution in [1.29, 1.82) is 0 Å². The predicted octanol–water partition coefficient (Wildman–Crippen LogP) is 2.12. The quantitative estimate of drug-likeness (QED) is 0.824. The maximum Gasteiger partial charge on any atom is 0.241 e. The molecule has 0 spiro atoms. The smallest absolute Gasteiger partial charge is 0.241 e. The Bertz CT molecular complexity index is 739. The summed E-state index contributed by atoms with van der Waals surface area (Å²) in [5.74, 6) is 0.951. The van der Waals surface area contributed by atoms with Gasteiger partial charge in [-0.2, -0.15) is 4.98 Å². The first-order valence-corrected chi connectivity index (χ1v) is 9.65. The topological polar surface area (TPSA) is 89.4 Å². The van der Waals surface area contributed by atoms with Gasteiger partial charge in [-0.05, 0) is 26.0 Å². The van der Waals surface area contributed by atoms with Crippen LogP contribution in [0.2, 0.25) is 0 Å². The lowest BCUT2D eigenvalue weighted by atomic mass is 9.94. The van der Waals surface area contributed by atoms with E-state index >= 15 is 0 Å². The molecule has 1 fully saturated rings. The molecular weight excluding hydrogens is 318 g/mol. The van der Waals surface area contributed by atoms with Crippen molar-refractivity contribution in [2.45, 2.75) is 43.5 Å². The average molecular weight is 339 g/mol. The second kappa shape index (κ2) is 6.45. The van der Waals surface area contributed by atoms with Gasteiger partial charge in [-0.25, -0.2) is 8.42 Å². The molecule has 126 valence electrons. The molecule has 0 aliphatic heterocycles. The first-order chi connectivity index (χ1) is 10.9. The molecule has 0 aromatic carbocycles. The minimum atomic E-state index is -3.06. The normalized spacial score (nSPS) is 22.6. The van der Waals surface area contributed by atoms with E-state index in [2.05, 4.69) is 10.1 Å². The van der Waals surface area contributed by atoms with Crippen molar-refractivity contribution in [2.24, 2.45) is 0 Å². The van der Waals surface area contributed by atoms with Crippen LogP contribution in [0, 0.1) is 0 Å². The second-order valence-electron chi connectivity index (χ2n) is 6.16. The van der Waals surface area contributed by atoms with Gasteiger partial charge in [0.2, 0.25) is 11.7 Å². The summed E-state index contributed by atoms with van der Waals surface area (Å²) in [4.78, 5) is 6.36. The van der Waals surface area contributed by atoms with Crippen LogP contribution in [0.1, 0.15) is 31.6 Å². The molecule has 7 nitrogen and oxygen atoms in total. The van der Waals surface area contributed by atoms with Crippen LogP contribution in [0.3, 0.4) is 0 Å². The predicted molar refractivity (Wildman–Crippen MR) is 84.4 cm³/mol. The van der Waals surface area contributed by atoms with E-state index < -0.39 is 9.84 Å². The number of nitrogens with zero attached hydrogens (tertiary/aromatic N) is 3. The zero-order valence-corrected chi connectivity index (χ0v) is 14.1. The zero-order chi connectivity index (χ0) is 16.4. The summed E-state index contributed by atoms with van der Waals surface area (Å²) < 4.78 is 34.3. The molecule has 2 unspecified atom stereocenters. The molecule has 3 rings (SSSR count). The Hall–Kier alpha value is -1.67. The molecule has 2 atom stereocenters. The van der Waals surface area contributed by atoms with Crippen LogP contribution in [-0.4, -0.2) is 48.1 Å². The summed E-state index contributed by atoms with van der Waals surface area (Å²) in [6.07, 6.45) is 8.04.